The molecule has 2 aromatic carbocycles. The van der Waals surface area contributed by atoms with Gasteiger partial charge < -0.3 is 15.0 Å². The fourth-order valence-corrected chi connectivity index (χ4v) is 5.01. The number of aromatic nitrogens is 2. The molecule has 1 fully saturated rings. The summed E-state index contributed by atoms with van der Waals surface area (Å²) in [6, 6.07) is 15.2. The molecule has 1 amide bonds. The molecule has 1 unspecified atom stereocenters. The maximum absolute atomic E-state index is 13.1. The van der Waals surface area contributed by atoms with Gasteiger partial charge in [-0.25, -0.2) is 4.98 Å². The van der Waals surface area contributed by atoms with Crippen molar-refractivity contribution in [3.8, 4) is 0 Å². The van der Waals surface area contributed by atoms with E-state index in [0.717, 1.165) is 29.7 Å². The summed E-state index contributed by atoms with van der Waals surface area (Å²) in [6.45, 7) is 4.69. The van der Waals surface area contributed by atoms with Crippen LogP contribution in [0, 0.1) is 0 Å². The molecular weight excluding hydrogens is 450 g/mol. The molecule has 6 nitrogen and oxygen atoms in total. The topological polar surface area (TPSA) is 86.3 Å². The minimum Gasteiger partial charge on any atom is -0.378 e. The number of rotatable bonds is 5. The van der Waals surface area contributed by atoms with Crippen LogP contribution in [0.2, 0.25) is 5.02 Å². The lowest BCUT2D eigenvalue weighted by Gasteiger charge is -2.30. The number of hydrogen-bond donors (Lipinski definition) is 2. The third-order valence-corrected chi connectivity index (χ3v) is 7.32. The van der Waals surface area contributed by atoms with Crippen molar-refractivity contribution >= 4 is 17.5 Å². The second-order valence-electron chi connectivity index (χ2n) is 9.67. The average Bonchev–Trinajstić information content (AvgIpc) is 3.65. The molecule has 1 aliphatic carbocycles. The van der Waals surface area contributed by atoms with Crippen molar-refractivity contribution in [2.45, 2.75) is 57.1 Å². The number of halogens is 1. The Kier molecular flexibility index (Phi) is 5.82. The summed E-state index contributed by atoms with van der Waals surface area (Å²) in [6.07, 6.45) is 1.02. The van der Waals surface area contributed by atoms with E-state index in [4.69, 9.17) is 16.6 Å². The Morgan fingerprint density at radius 2 is 1.88 bits per heavy atom. The van der Waals surface area contributed by atoms with Gasteiger partial charge in [-0.2, -0.15) is 0 Å². The number of aliphatic hydroxyl groups excluding tert-OH is 1. The molecule has 0 spiro atoms. The Balaban J connectivity index is 1.38. The largest absolute Gasteiger partial charge is 0.378 e. The highest BCUT2D eigenvalue weighted by Crippen LogP contribution is 2.52. The van der Waals surface area contributed by atoms with Crippen LogP contribution in [-0.4, -0.2) is 32.4 Å². The summed E-state index contributed by atoms with van der Waals surface area (Å²) in [4.78, 5) is 35.5. The molecule has 1 atom stereocenters. The lowest BCUT2D eigenvalue weighted by atomic mass is 9.94. The highest BCUT2D eigenvalue weighted by molar-refractivity contribution is 6.30. The Bertz CT molecular complexity index is 1310. The zero-order chi connectivity index (χ0) is 24.0. The molecule has 1 saturated carbocycles. The maximum Gasteiger partial charge on any atom is 0.256 e. The first-order valence-electron chi connectivity index (χ1n) is 11.7. The molecule has 1 aromatic heterocycles. The SMILES string of the molecule is CC(C)c1cccc(C(O)C(=O)N2CCc3nc(C4(c5cccc(Cl)c5)CC4)[nH]c(=O)c3C2)c1. The molecule has 176 valence electrons. The van der Waals surface area contributed by atoms with Crippen molar-refractivity contribution in [1.29, 1.82) is 0 Å². The monoisotopic (exact) mass is 477 g/mol. The van der Waals surface area contributed by atoms with Crippen molar-refractivity contribution < 1.29 is 9.90 Å². The van der Waals surface area contributed by atoms with Crippen LogP contribution in [0.5, 0.6) is 0 Å². The minimum atomic E-state index is -1.26. The molecule has 3 aromatic rings. The standard InChI is InChI=1S/C27H28ClN3O3/c1-16(2)17-5-3-6-18(13-17)23(32)25(34)31-12-9-22-21(15-31)24(33)30-26(29-22)27(10-11-27)19-7-4-8-20(28)14-19/h3-8,13-14,16,23,32H,9-12,15H2,1-2H3,(H,29,30,33). The molecule has 2 aliphatic rings. The molecule has 0 bridgehead atoms. The van der Waals surface area contributed by atoms with Gasteiger partial charge in [0.2, 0.25) is 0 Å². The number of nitrogens with one attached hydrogen (secondary N) is 1. The molecule has 2 N–H and O–H groups in total. The second-order valence-corrected chi connectivity index (χ2v) is 10.1. The van der Waals surface area contributed by atoms with Gasteiger partial charge in [0.15, 0.2) is 6.10 Å². The summed E-state index contributed by atoms with van der Waals surface area (Å²) in [5.74, 6) is 0.570. The molecular formula is C27H28ClN3O3. The van der Waals surface area contributed by atoms with Crippen molar-refractivity contribution in [1.82, 2.24) is 14.9 Å². The van der Waals surface area contributed by atoms with Crippen molar-refractivity contribution in [2.75, 3.05) is 6.54 Å². The highest BCUT2D eigenvalue weighted by Gasteiger charge is 2.49. The number of hydrogen-bond acceptors (Lipinski definition) is 4. The Labute approximate surface area is 203 Å². The first kappa shape index (κ1) is 22.8. The van der Waals surface area contributed by atoms with Gasteiger partial charge in [-0.05, 0) is 47.6 Å². The summed E-state index contributed by atoms with van der Waals surface area (Å²) < 4.78 is 0. The molecule has 1 aliphatic heterocycles. The van der Waals surface area contributed by atoms with Crippen LogP contribution in [0.25, 0.3) is 0 Å². The molecule has 0 radical (unpaired) electrons. The molecule has 34 heavy (non-hydrogen) atoms. The van der Waals surface area contributed by atoms with Gasteiger partial charge in [-0.15, -0.1) is 0 Å². The van der Waals surface area contributed by atoms with Crippen molar-refractivity contribution in [2.24, 2.45) is 0 Å². The highest BCUT2D eigenvalue weighted by atomic mass is 35.5. The fraction of sp³-hybridized carbons (Fsp3) is 0.370. The molecule has 7 heteroatoms. The van der Waals surface area contributed by atoms with Crippen LogP contribution < -0.4 is 5.56 Å². The minimum absolute atomic E-state index is 0.141. The van der Waals surface area contributed by atoms with Crippen LogP contribution >= 0.6 is 11.6 Å². The van der Waals surface area contributed by atoms with E-state index < -0.39 is 12.0 Å². The van der Waals surface area contributed by atoms with E-state index in [1.54, 1.807) is 11.0 Å². The predicted molar refractivity (Wildman–Crippen MR) is 131 cm³/mol. The number of carbonyl (C=O) groups excluding carboxylic acids is 1. The summed E-state index contributed by atoms with van der Waals surface area (Å²) in [7, 11) is 0. The number of benzene rings is 2. The number of aromatic amines is 1. The van der Waals surface area contributed by atoms with Crippen LogP contribution in [0.1, 0.15) is 72.5 Å². The van der Waals surface area contributed by atoms with Gasteiger partial charge in [-0.1, -0.05) is 61.8 Å². The maximum atomic E-state index is 13.1. The normalized spacial score (nSPS) is 17.4. The van der Waals surface area contributed by atoms with Gasteiger partial charge in [-0.3, -0.25) is 9.59 Å². The van der Waals surface area contributed by atoms with E-state index in [1.807, 2.05) is 42.5 Å². The number of fused-ring (bicyclic) bond motifs is 1. The summed E-state index contributed by atoms with van der Waals surface area (Å²) >= 11 is 6.20. The van der Waals surface area contributed by atoms with Crippen LogP contribution in [-0.2, 0) is 23.2 Å². The van der Waals surface area contributed by atoms with Gasteiger partial charge >= 0.3 is 0 Å². The lowest BCUT2D eigenvalue weighted by molar-refractivity contribution is -0.141. The number of amides is 1. The smallest absolute Gasteiger partial charge is 0.256 e. The molecule has 5 rings (SSSR count). The first-order chi connectivity index (χ1) is 16.3. The van der Waals surface area contributed by atoms with Crippen molar-refractivity contribution in [3.63, 3.8) is 0 Å². The Hall–Kier alpha value is -2.96. The fourth-order valence-electron chi connectivity index (χ4n) is 4.82. The molecule has 2 heterocycles. The van der Waals surface area contributed by atoms with E-state index in [1.165, 1.54) is 0 Å². The van der Waals surface area contributed by atoms with Crippen LogP contribution in [0.4, 0.5) is 0 Å². The average molecular weight is 478 g/mol. The summed E-state index contributed by atoms with van der Waals surface area (Å²) in [5, 5.41) is 11.4. The van der Waals surface area contributed by atoms with Crippen LogP contribution in [0.3, 0.4) is 0 Å². The lowest BCUT2D eigenvalue weighted by Crippen LogP contribution is -2.42. The Morgan fingerprint density at radius 1 is 1.15 bits per heavy atom. The predicted octanol–water partition coefficient (Wildman–Crippen LogP) is 4.24. The summed E-state index contributed by atoms with van der Waals surface area (Å²) in [5.41, 5.74) is 3.39. The zero-order valence-electron chi connectivity index (χ0n) is 19.3. The van der Waals surface area contributed by atoms with E-state index in [2.05, 4.69) is 18.8 Å². The van der Waals surface area contributed by atoms with E-state index in [0.29, 0.717) is 40.9 Å². The second kappa shape index (κ2) is 8.67. The third-order valence-electron chi connectivity index (χ3n) is 7.09. The number of carbonyl (C=O) groups is 1. The van der Waals surface area contributed by atoms with Crippen LogP contribution in [0.15, 0.2) is 53.3 Å². The Morgan fingerprint density at radius 3 is 2.59 bits per heavy atom. The van der Waals surface area contributed by atoms with Gasteiger partial charge in [0.1, 0.15) is 5.82 Å². The quantitative estimate of drug-likeness (QED) is 0.575. The first-order valence-corrected chi connectivity index (χ1v) is 12.1. The number of H-pyrrole nitrogens is 1. The third kappa shape index (κ3) is 4.05. The number of aliphatic hydroxyl groups is 1. The van der Waals surface area contributed by atoms with E-state index >= 15 is 0 Å². The molecule has 0 saturated heterocycles. The number of nitrogens with zero attached hydrogens (tertiary/aromatic N) is 2. The van der Waals surface area contributed by atoms with E-state index in [9.17, 15) is 14.7 Å². The zero-order valence-corrected chi connectivity index (χ0v) is 20.1. The van der Waals surface area contributed by atoms with Gasteiger partial charge in [0.05, 0.1) is 23.2 Å². The van der Waals surface area contributed by atoms with Gasteiger partial charge in [0, 0.05) is 18.0 Å². The van der Waals surface area contributed by atoms with Crippen molar-refractivity contribution in [3.05, 3.63) is 97.7 Å². The van der Waals surface area contributed by atoms with Gasteiger partial charge in [0.25, 0.3) is 11.5 Å². The van der Waals surface area contributed by atoms with E-state index in [-0.39, 0.29) is 17.5 Å².